The Labute approximate surface area is 128 Å². The van der Waals surface area contributed by atoms with Crippen LogP contribution in [0.5, 0.6) is 0 Å². The van der Waals surface area contributed by atoms with Crippen LogP contribution in [-0.2, 0) is 11.3 Å². The number of nitrogens with zero attached hydrogens (tertiary/aromatic N) is 1. The molecular formula is C18H27NO2. The van der Waals surface area contributed by atoms with E-state index < -0.39 is 5.97 Å². The summed E-state index contributed by atoms with van der Waals surface area (Å²) >= 11 is 0. The van der Waals surface area contributed by atoms with E-state index in [4.69, 9.17) is 0 Å². The predicted octanol–water partition coefficient (Wildman–Crippen LogP) is 3.65. The molecule has 2 unspecified atom stereocenters. The summed E-state index contributed by atoms with van der Waals surface area (Å²) in [4.78, 5) is 13.9. The van der Waals surface area contributed by atoms with Crippen molar-refractivity contribution in [3.8, 4) is 0 Å². The fourth-order valence-corrected chi connectivity index (χ4v) is 3.37. The van der Waals surface area contributed by atoms with E-state index >= 15 is 0 Å². The normalized spacial score (nSPS) is 26.4. The van der Waals surface area contributed by atoms with E-state index in [1.165, 1.54) is 5.56 Å². The van der Waals surface area contributed by atoms with Crippen molar-refractivity contribution in [2.45, 2.75) is 40.2 Å². The lowest BCUT2D eigenvalue weighted by molar-refractivity contribution is -0.144. The maximum Gasteiger partial charge on any atom is 0.308 e. The molecule has 3 nitrogen and oxygen atoms in total. The monoisotopic (exact) mass is 289 g/mol. The molecule has 2 rings (SSSR count). The van der Waals surface area contributed by atoms with E-state index in [1.807, 2.05) is 18.2 Å². The highest BCUT2D eigenvalue weighted by Crippen LogP contribution is 2.41. The Kier molecular flexibility index (Phi) is 5.04. The van der Waals surface area contributed by atoms with Crippen LogP contribution >= 0.6 is 0 Å². The first kappa shape index (κ1) is 16.0. The van der Waals surface area contributed by atoms with Crippen LogP contribution < -0.4 is 0 Å². The second kappa shape index (κ2) is 6.61. The first-order valence-corrected chi connectivity index (χ1v) is 7.90. The van der Waals surface area contributed by atoms with Gasteiger partial charge in [0.2, 0.25) is 0 Å². The summed E-state index contributed by atoms with van der Waals surface area (Å²) in [5.41, 5.74) is 1.15. The first-order valence-electron chi connectivity index (χ1n) is 7.90. The highest BCUT2D eigenvalue weighted by Gasteiger charge is 2.46. The molecule has 2 atom stereocenters. The average Bonchev–Trinajstić information content (AvgIpc) is 2.75. The van der Waals surface area contributed by atoms with Crippen LogP contribution in [0.15, 0.2) is 30.3 Å². The average molecular weight is 289 g/mol. The summed E-state index contributed by atoms with van der Waals surface area (Å²) in [5, 5.41) is 9.57. The fraction of sp³-hybridized carbons (Fsp3) is 0.611. The van der Waals surface area contributed by atoms with Crippen molar-refractivity contribution in [1.82, 2.24) is 4.90 Å². The van der Waals surface area contributed by atoms with Gasteiger partial charge in [-0.15, -0.1) is 0 Å². The zero-order valence-corrected chi connectivity index (χ0v) is 13.4. The second-order valence-corrected chi connectivity index (χ2v) is 7.13. The fourth-order valence-electron chi connectivity index (χ4n) is 3.37. The van der Waals surface area contributed by atoms with Crippen LogP contribution in [0.3, 0.4) is 0 Å². The summed E-state index contributed by atoms with van der Waals surface area (Å²) in [5.74, 6) is -0.267. The molecule has 0 aliphatic carbocycles. The minimum Gasteiger partial charge on any atom is -0.481 e. The molecule has 1 aliphatic heterocycles. The Morgan fingerprint density at radius 2 is 2.05 bits per heavy atom. The van der Waals surface area contributed by atoms with E-state index in [1.54, 1.807) is 0 Å². The maximum absolute atomic E-state index is 11.6. The standard InChI is InChI=1S/C18H27NO2/c1-14(2)9-10-18(3)13-19(12-16(18)17(20)21)11-15-7-5-4-6-8-15/h4-8,14,16H,9-13H2,1-3H3,(H,20,21). The molecule has 1 N–H and O–H groups in total. The van der Waals surface area contributed by atoms with Crippen molar-refractivity contribution < 1.29 is 9.90 Å². The molecule has 1 aromatic carbocycles. The number of hydrogen-bond acceptors (Lipinski definition) is 2. The lowest BCUT2D eigenvalue weighted by Crippen LogP contribution is -2.32. The lowest BCUT2D eigenvalue weighted by atomic mass is 9.75. The zero-order chi connectivity index (χ0) is 15.5. The van der Waals surface area contributed by atoms with Crippen LogP contribution in [0.2, 0.25) is 0 Å². The molecule has 1 fully saturated rings. The molecule has 1 saturated heterocycles. The first-order chi connectivity index (χ1) is 9.90. The topological polar surface area (TPSA) is 40.5 Å². The van der Waals surface area contributed by atoms with E-state index in [0.29, 0.717) is 12.5 Å². The SMILES string of the molecule is CC(C)CCC1(C)CN(Cc2ccccc2)CC1C(=O)O. The highest BCUT2D eigenvalue weighted by molar-refractivity contribution is 5.72. The van der Waals surface area contributed by atoms with Crippen molar-refractivity contribution in [2.75, 3.05) is 13.1 Å². The Morgan fingerprint density at radius 1 is 1.38 bits per heavy atom. The maximum atomic E-state index is 11.6. The number of carbonyl (C=O) groups is 1. The molecule has 1 aromatic rings. The van der Waals surface area contributed by atoms with Crippen molar-refractivity contribution >= 4 is 5.97 Å². The number of benzene rings is 1. The van der Waals surface area contributed by atoms with Gasteiger partial charge in [-0.05, 0) is 23.3 Å². The van der Waals surface area contributed by atoms with Crippen LogP contribution in [0.1, 0.15) is 39.2 Å². The molecule has 0 bridgehead atoms. The summed E-state index contributed by atoms with van der Waals surface area (Å²) in [6.07, 6.45) is 2.09. The van der Waals surface area contributed by atoms with Gasteiger partial charge in [0.15, 0.2) is 0 Å². The van der Waals surface area contributed by atoms with E-state index in [9.17, 15) is 9.90 Å². The number of likely N-dealkylation sites (tertiary alicyclic amines) is 1. The molecular weight excluding hydrogens is 262 g/mol. The molecule has 0 amide bonds. The van der Waals surface area contributed by atoms with E-state index in [-0.39, 0.29) is 11.3 Å². The molecule has 1 aliphatic rings. The second-order valence-electron chi connectivity index (χ2n) is 7.13. The predicted molar refractivity (Wildman–Crippen MR) is 85.0 cm³/mol. The summed E-state index contributed by atoms with van der Waals surface area (Å²) in [7, 11) is 0. The Hall–Kier alpha value is -1.35. The number of aliphatic carboxylic acids is 1. The molecule has 0 radical (unpaired) electrons. The summed E-state index contributed by atoms with van der Waals surface area (Å²) < 4.78 is 0. The zero-order valence-electron chi connectivity index (χ0n) is 13.4. The van der Waals surface area contributed by atoms with Gasteiger partial charge in [-0.2, -0.15) is 0 Å². The van der Waals surface area contributed by atoms with Gasteiger partial charge >= 0.3 is 5.97 Å². The van der Waals surface area contributed by atoms with Crippen molar-refractivity contribution in [2.24, 2.45) is 17.3 Å². The van der Waals surface area contributed by atoms with Crippen LogP contribution in [0, 0.1) is 17.3 Å². The smallest absolute Gasteiger partial charge is 0.308 e. The Bertz CT molecular complexity index is 471. The van der Waals surface area contributed by atoms with Gasteiger partial charge in [0.1, 0.15) is 0 Å². The van der Waals surface area contributed by atoms with Gasteiger partial charge in [-0.3, -0.25) is 9.69 Å². The lowest BCUT2D eigenvalue weighted by Gasteiger charge is -2.29. The third kappa shape index (κ3) is 4.07. The molecule has 3 heteroatoms. The summed E-state index contributed by atoms with van der Waals surface area (Å²) in [6.45, 7) is 8.96. The van der Waals surface area contributed by atoms with Crippen LogP contribution in [-0.4, -0.2) is 29.1 Å². The van der Waals surface area contributed by atoms with Crippen LogP contribution in [0.25, 0.3) is 0 Å². The number of carboxylic acid groups (broad SMARTS) is 1. The van der Waals surface area contributed by atoms with Crippen molar-refractivity contribution in [3.63, 3.8) is 0 Å². The van der Waals surface area contributed by atoms with Gasteiger partial charge in [-0.1, -0.05) is 57.5 Å². The summed E-state index contributed by atoms with van der Waals surface area (Å²) in [6, 6.07) is 10.3. The minimum absolute atomic E-state index is 0.106. The molecule has 116 valence electrons. The van der Waals surface area contributed by atoms with Gasteiger partial charge in [-0.25, -0.2) is 0 Å². The van der Waals surface area contributed by atoms with Crippen molar-refractivity contribution in [3.05, 3.63) is 35.9 Å². The van der Waals surface area contributed by atoms with Gasteiger partial charge in [0.05, 0.1) is 5.92 Å². The number of hydrogen-bond donors (Lipinski definition) is 1. The molecule has 0 aromatic heterocycles. The van der Waals surface area contributed by atoms with Gasteiger partial charge in [0.25, 0.3) is 0 Å². The van der Waals surface area contributed by atoms with E-state index in [2.05, 4.69) is 37.8 Å². The Balaban J connectivity index is 2.05. The Morgan fingerprint density at radius 3 is 2.62 bits per heavy atom. The highest BCUT2D eigenvalue weighted by atomic mass is 16.4. The van der Waals surface area contributed by atoms with Gasteiger partial charge in [0, 0.05) is 19.6 Å². The molecule has 21 heavy (non-hydrogen) atoms. The van der Waals surface area contributed by atoms with Crippen LogP contribution in [0.4, 0.5) is 0 Å². The number of rotatable bonds is 6. The number of carboxylic acids is 1. The third-order valence-corrected chi connectivity index (χ3v) is 4.71. The molecule has 0 saturated carbocycles. The quantitative estimate of drug-likeness (QED) is 0.869. The molecule has 0 spiro atoms. The van der Waals surface area contributed by atoms with Crippen molar-refractivity contribution in [1.29, 1.82) is 0 Å². The van der Waals surface area contributed by atoms with E-state index in [0.717, 1.165) is 25.9 Å². The molecule has 1 heterocycles. The largest absolute Gasteiger partial charge is 0.481 e. The minimum atomic E-state index is -0.642. The third-order valence-electron chi connectivity index (χ3n) is 4.71. The van der Waals surface area contributed by atoms with Gasteiger partial charge < -0.3 is 5.11 Å².